The van der Waals surface area contributed by atoms with Crippen LogP contribution in [0.4, 0.5) is 0 Å². The average molecular weight is 546 g/mol. The topological polar surface area (TPSA) is 94.5 Å². The lowest BCUT2D eigenvalue weighted by Gasteiger charge is -2.37. The van der Waals surface area contributed by atoms with E-state index in [1.54, 1.807) is 20.3 Å². The quantitative estimate of drug-likeness (QED) is 0.368. The van der Waals surface area contributed by atoms with Crippen LogP contribution in [0.1, 0.15) is 54.0 Å². The normalized spacial score (nSPS) is 17.6. The highest BCUT2D eigenvalue weighted by Crippen LogP contribution is 2.40. The monoisotopic (exact) mass is 545 g/mol. The molecule has 1 N–H and O–H groups in total. The van der Waals surface area contributed by atoms with Crippen LogP contribution in [0.15, 0.2) is 66.7 Å². The summed E-state index contributed by atoms with van der Waals surface area (Å²) in [6.45, 7) is 0.397. The van der Waals surface area contributed by atoms with Gasteiger partial charge in [0, 0.05) is 18.5 Å². The first-order chi connectivity index (χ1) is 19.5. The van der Waals surface area contributed by atoms with Crippen LogP contribution in [-0.2, 0) is 33.9 Å². The lowest BCUT2D eigenvalue weighted by Crippen LogP contribution is -2.50. The van der Waals surface area contributed by atoms with Crippen molar-refractivity contribution < 1.29 is 33.6 Å². The Morgan fingerprint density at radius 3 is 2.33 bits per heavy atom. The smallest absolute Gasteiger partial charge is 0.326 e. The van der Waals surface area contributed by atoms with E-state index < -0.39 is 18.1 Å². The number of amides is 1. The maximum Gasteiger partial charge on any atom is 0.326 e. The molecule has 1 aliphatic heterocycles. The highest BCUT2D eigenvalue weighted by Gasteiger charge is 2.41. The van der Waals surface area contributed by atoms with Gasteiger partial charge in [-0.2, -0.15) is 0 Å². The molecule has 2 atom stereocenters. The molecule has 0 radical (unpaired) electrons. The highest BCUT2D eigenvalue weighted by atomic mass is 16.5. The van der Waals surface area contributed by atoms with Crippen molar-refractivity contribution in [3.8, 4) is 17.2 Å². The van der Waals surface area contributed by atoms with Gasteiger partial charge < -0.3 is 29.0 Å². The molecule has 1 aliphatic carbocycles. The Morgan fingerprint density at radius 1 is 0.950 bits per heavy atom. The van der Waals surface area contributed by atoms with Crippen LogP contribution in [-0.4, -0.2) is 48.2 Å². The van der Waals surface area contributed by atoms with Crippen molar-refractivity contribution in [3.05, 3.63) is 89.0 Å². The SMILES string of the molecule is COc1ccc(COc2c(OC)ccc3c2C[C@H](C(=O)O)N(C(=O)[C@H](OC2CCCC2)c2ccccc2)C3)cc1. The second kappa shape index (κ2) is 12.4. The van der Waals surface area contributed by atoms with Crippen molar-refractivity contribution in [3.63, 3.8) is 0 Å². The minimum atomic E-state index is -1.08. The maximum atomic E-state index is 14.1. The van der Waals surface area contributed by atoms with Crippen molar-refractivity contribution in [2.45, 2.75) is 63.5 Å². The van der Waals surface area contributed by atoms with Gasteiger partial charge in [-0.25, -0.2) is 4.79 Å². The van der Waals surface area contributed by atoms with Crippen LogP contribution >= 0.6 is 0 Å². The summed E-state index contributed by atoms with van der Waals surface area (Å²) in [5, 5.41) is 10.3. The van der Waals surface area contributed by atoms with Crippen LogP contribution in [0.5, 0.6) is 17.2 Å². The molecule has 2 aliphatic rings. The fraction of sp³-hybridized carbons (Fsp3) is 0.375. The molecule has 3 aromatic rings. The Bertz CT molecular complexity index is 1320. The molecule has 1 heterocycles. The molecule has 40 heavy (non-hydrogen) atoms. The summed E-state index contributed by atoms with van der Waals surface area (Å²) in [5.41, 5.74) is 3.21. The Hall–Kier alpha value is -4.04. The molecular weight excluding hydrogens is 510 g/mol. The number of carboxylic acid groups (broad SMARTS) is 1. The molecule has 3 aromatic carbocycles. The molecule has 1 amide bonds. The number of carbonyl (C=O) groups excluding carboxylic acids is 1. The Morgan fingerprint density at radius 2 is 1.68 bits per heavy atom. The van der Waals surface area contributed by atoms with Crippen molar-refractivity contribution in [1.29, 1.82) is 0 Å². The molecule has 0 spiro atoms. The third-order valence-electron chi connectivity index (χ3n) is 7.72. The predicted molar refractivity (Wildman–Crippen MR) is 149 cm³/mol. The fourth-order valence-corrected chi connectivity index (χ4v) is 5.54. The average Bonchev–Trinajstić information content (AvgIpc) is 3.51. The van der Waals surface area contributed by atoms with E-state index in [-0.39, 0.29) is 31.6 Å². The molecular formula is C32H35NO7. The molecule has 1 fully saturated rings. The summed E-state index contributed by atoms with van der Waals surface area (Å²) < 4.78 is 23.4. The van der Waals surface area contributed by atoms with Gasteiger partial charge >= 0.3 is 5.97 Å². The Kier molecular flexibility index (Phi) is 8.55. The first-order valence-corrected chi connectivity index (χ1v) is 13.7. The number of hydrogen-bond donors (Lipinski definition) is 1. The van der Waals surface area contributed by atoms with Crippen molar-refractivity contribution in [2.24, 2.45) is 0 Å². The molecule has 0 unspecified atom stereocenters. The third-order valence-corrected chi connectivity index (χ3v) is 7.72. The van der Waals surface area contributed by atoms with Gasteiger partial charge in [-0.3, -0.25) is 4.79 Å². The number of fused-ring (bicyclic) bond motifs is 1. The van der Waals surface area contributed by atoms with Gasteiger partial charge in [-0.1, -0.05) is 61.4 Å². The van der Waals surface area contributed by atoms with Crippen molar-refractivity contribution >= 4 is 11.9 Å². The molecule has 1 saturated carbocycles. The first kappa shape index (κ1) is 27.5. The zero-order valence-electron chi connectivity index (χ0n) is 22.9. The number of hydrogen-bond acceptors (Lipinski definition) is 6. The summed E-state index contributed by atoms with van der Waals surface area (Å²) in [6, 6.07) is 19.5. The Balaban J connectivity index is 1.44. The van der Waals surface area contributed by atoms with Crippen LogP contribution in [0.2, 0.25) is 0 Å². The number of methoxy groups -OCH3 is 2. The number of carboxylic acids is 1. The van der Waals surface area contributed by atoms with E-state index in [2.05, 4.69) is 0 Å². The van der Waals surface area contributed by atoms with Crippen LogP contribution in [0, 0.1) is 0 Å². The summed E-state index contributed by atoms with van der Waals surface area (Å²) in [5.74, 6) is 0.348. The van der Waals surface area contributed by atoms with E-state index in [9.17, 15) is 14.7 Å². The van der Waals surface area contributed by atoms with Gasteiger partial charge in [-0.05, 0) is 47.7 Å². The number of carbonyl (C=O) groups is 2. The molecule has 8 heteroatoms. The second-order valence-electron chi connectivity index (χ2n) is 10.2. The van der Waals surface area contributed by atoms with Crippen molar-refractivity contribution in [2.75, 3.05) is 14.2 Å². The summed E-state index contributed by atoms with van der Waals surface area (Å²) in [4.78, 5) is 28.1. The first-order valence-electron chi connectivity index (χ1n) is 13.7. The largest absolute Gasteiger partial charge is 0.497 e. The number of rotatable bonds is 10. The predicted octanol–water partition coefficient (Wildman–Crippen LogP) is 5.32. The zero-order valence-corrected chi connectivity index (χ0v) is 22.9. The van der Waals surface area contributed by atoms with Gasteiger partial charge in [0.05, 0.1) is 20.3 Å². The van der Waals surface area contributed by atoms with Gasteiger partial charge in [-0.15, -0.1) is 0 Å². The Labute approximate surface area is 234 Å². The molecule has 8 nitrogen and oxygen atoms in total. The lowest BCUT2D eigenvalue weighted by molar-refractivity contribution is -0.160. The number of aliphatic carboxylic acids is 1. The molecule has 0 aromatic heterocycles. The summed E-state index contributed by atoms with van der Waals surface area (Å²) >= 11 is 0. The summed E-state index contributed by atoms with van der Waals surface area (Å²) in [6.07, 6.45) is 3.14. The van der Waals surface area contributed by atoms with E-state index in [4.69, 9.17) is 18.9 Å². The van der Waals surface area contributed by atoms with E-state index in [0.29, 0.717) is 11.5 Å². The van der Waals surface area contributed by atoms with Gasteiger partial charge in [0.1, 0.15) is 18.4 Å². The zero-order chi connectivity index (χ0) is 28.1. The van der Waals surface area contributed by atoms with Gasteiger partial charge in [0.15, 0.2) is 17.6 Å². The second-order valence-corrected chi connectivity index (χ2v) is 10.2. The van der Waals surface area contributed by atoms with Crippen LogP contribution in [0.25, 0.3) is 0 Å². The summed E-state index contributed by atoms with van der Waals surface area (Å²) in [7, 11) is 3.17. The molecule has 5 rings (SSSR count). The van der Waals surface area contributed by atoms with Crippen LogP contribution in [0.3, 0.4) is 0 Å². The fourth-order valence-electron chi connectivity index (χ4n) is 5.54. The highest BCUT2D eigenvalue weighted by molar-refractivity contribution is 5.88. The van der Waals surface area contributed by atoms with E-state index in [0.717, 1.165) is 53.7 Å². The van der Waals surface area contributed by atoms with Crippen LogP contribution < -0.4 is 14.2 Å². The number of nitrogens with zero attached hydrogens (tertiary/aromatic N) is 1. The minimum Gasteiger partial charge on any atom is -0.497 e. The molecule has 210 valence electrons. The number of benzene rings is 3. The van der Waals surface area contributed by atoms with E-state index in [1.165, 1.54) is 4.90 Å². The molecule has 0 bridgehead atoms. The van der Waals surface area contributed by atoms with Gasteiger partial charge in [0.2, 0.25) is 0 Å². The third kappa shape index (κ3) is 5.92. The van der Waals surface area contributed by atoms with Crippen molar-refractivity contribution in [1.82, 2.24) is 4.90 Å². The van der Waals surface area contributed by atoms with Gasteiger partial charge in [0.25, 0.3) is 5.91 Å². The van der Waals surface area contributed by atoms with E-state index in [1.807, 2.05) is 60.7 Å². The van der Waals surface area contributed by atoms with E-state index >= 15 is 0 Å². The maximum absolute atomic E-state index is 14.1. The minimum absolute atomic E-state index is 0.0169. The molecule has 0 saturated heterocycles. The number of ether oxygens (including phenoxy) is 4. The standard InChI is InChI=1S/C32H35NO7/c1-37-24-15-12-21(13-16-24)20-39-30-26-18-27(32(35)36)33(19-23(26)14-17-28(30)38-2)31(34)29(22-8-4-3-5-9-22)40-25-10-6-7-11-25/h3-5,8-9,12-17,25,27,29H,6-7,10-11,18-20H2,1-2H3,(H,35,36)/t27-,29-/m1/s1. The lowest BCUT2D eigenvalue weighted by atomic mass is 9.91.